The topological polar surface area (TPSA) is 87.5 Å². The second-order valence-electron chi connectivity index (χ2n) is 5.16. The summed E-state index contributed by atoms with van der Waals surface area (Å²) in [5.41, 5.74) is 6.06. The van der Waals surface area contributed by atoms with Crippen LogP contribution < -0.4 is 16.4 Å². The predicted molar refractivity (Wildman–Crippen MR) is 84.4 cm³/mol. The Balaban J connectivity index is 0.00000242. The van der Waals surface area contributed by atoms with E-state index in [0.29, 0.717) is 25.2 Å². The molecule has 2 atom stereocenters. The summed E-state index contributed by atoms with van der Waals surface area (Å²) in [5.74, 6) is -0.472. The van der Waals surface area contributed by atoms with Crippen LogP contribution in [0.3, 0.4) is 0 Å². The molecule has 1 aliphatic heterocycles. The first-order chi connectivity index (χ1) is 9.95. The summed E-state index contributed by atoms with van der Waals surface area (Å²) in [6.45, 7) is 2.68. The molecular formula is C14H20ClFN4O2. The first-order valence-electron chi connectivity index (χ1n) is 6.83. The van der Waals surface area contributed by atoms with Gasteiger partial charge in [-0.25, -0.2) is 9.18 Å². The van der Waals surface area contributed by atoms with Gasteiger partial charge in [0.25, 0.3) is 0 Å². The molecule has 0 aromatic heterocycles. The minimum atomic E-state index is -0.531. The van der Waals surface area contributed by atoms with Crippen molar-refractivity contribution in [3.05, 3.63) is 30.1 Å². The molecule has 3 amide bonds. The summed E-state index contributed by atoms with van der Waals surface area (Å²) < 4.78 is 12.8. The lowest BCUT2D eigenvalue weighted by molar-refractivity contribution is -0.131. The number of likely N-dealkylation sites (tertiary alicyclic amines) is 1. The molecule has 6 nitrogen and oxygen atoms in total. The molecule has 8 heteroatoms. The van der Waals surface area contributed by atoms with Crippen LogP contribution in [0.1, 0.15) is 13.3 Å². The molecular weight excluding hydrogens is 311 g/mol. The van der Waals surface area contributed by atoms with Crippen LogP contribution in [-0.2, 0) is 4.79 Å². The van der Waals surface area contributed by atoms with E-state index in [9.17, 15) is 14.0 Å². The van der Waals surface area contributed by atoms with Crippen LogP contribution in [0.4, 0.5) is 14.9 Å². The maximum Gasteiger partial charge on any atom is 0.319 e. The molecule has 1 saturated heterocycles. The molecule has 1 heterocycles. The van der Waals surface area contributed by atoms with Gasteiger partial charge in [-0.1, -0.05) is 0 Å². The highest BCUT2D eigenvalue weighted by atomic mass is 35.5. The first-order valence-corrected chi connectivity index (χ1v) is 6.83. The number of halogens is 2. The number of urea groups is 1. The zero-order chi connectivity index (χ0) is 15.4. The number of hydrogen-bond donors (Lipinski definition) is 3. The van der Waals surface area contributed by atoms with E-state index in [-0.39, 0.29) is 36.2 Å². The zero-order valence-corrected chi connectivity index (χ0v) is 13.0. The monoisotopic (exact) mass is 330 g/mol. The number of nitrogens with two attached hydrogens (primary N) is 1. The lowest BCUT2D eigenvalue weighted by Crippen LogP contribution is -2.44. The van der Waals surface area contributed by atoms with E-state index >= 15 is 0 Å². The van der Waals surface area contributed by atoms with E-state index in [1.807, 2.05) is 0 Å². The Bertz CT molecular complexity index is 524. The average Bonchev–Trinajstić information content (AvgIpc) is 2.88. The largest absolute Gasteiger partial charge is 0.339 e. The smallest absolute Gasteiger partial charge is 0.319 e. The third kappa shape index (κ3) is 4.85. The molecule has 2 rings (SSSR count). The Kier molecular flexibility index (Phi) is 6.58. The highest BCUT2D eigenvalue weighted by Crippen LogP contribution is 2.11. The number of rotatable bonds is 3. The lowest BCUT2D eigenvalue weighted by atomic mass is 10.2. The van der Waals surface area contributed by atoms with E-state index in [1.54, 1.807) is 11.8 Å². The number of anilines is 1. The van der Waals surface area contributed by atoms with Gasteiger partial charge in [0.1, 0.15) is 5.82 Å². The summed E-state index contributed by atoms with van der Waals surface area (Å²) in [6, 6.07) is 4.50. The van der Waals surface area contributed by atoms with Crippen molar-refractivity contribution >= 4 is 30.0 Å². The Morgan fingerprint density at radius 1 is 1.36 bits per heavy atom. The fraction of sp³-hybridized carbons (Fsp3) is 0.429. The molecule has 1 unspecified atom stereocenters. The van der Waals surface area contributed by atoms with Gasteiger partial charge >= 0.3 is 6.03 Å². The van der Waals surface area contributed by atoms with Crippen molar-refractivity contribution in [2.45, 2.75) is 25.4 Å². The van der Waals surface area contributed by atoms with E-state index < -0.39 is 6.04 Å². The molecule has 122 valence electrons. The number of carbonyl (C=O) groups is 2. The van der Waals surface area contributed by atoms with Crippen LogP contribution in [0.2, 0.25) is 0 Å². The third-order valence-corrected chi connectivity index (χ3v) is 3.33. The van der Waals surface area contributed by atoms with Gasteiger partial charge in [-0.2, -0.15) is 0 Å². The van der Waals surface area contributed by atoms with Crippen molar-refractivity contribution in [3.8, 4) is 0 Å². The van der Waals surface area contributed by atoms with Gasteiger partial charge in [0.15, 0.2) is 0 Å². The summed E-state index contributed by atoms with van der Waals surface area (Å²) in [4.78, 5) is 25.2. The fourth-order valence-electron chi connectivity index (χ4n) is 2.25. The standard InChI is InChI=1S/C14H19FN4O2.ClH/c1-9(16)13(20)19-7-6-12(8-19)18-14(21)17-11-4-2-10(15)3-5-11;/h2-5,9,12H,6-8,16H2,1H3,(H2,17,18,21);1H/t9-,12?;/m0./s1. The van der Waals surface area contributed by atoms with Crippen LogP contribution in [0.15, 0.2) is 24.3 Å². The van der Waals surface area contributed by atoms with Gasteiger partial charge in [0.05, 0.1) is 6.04 Å². The Labute approximate surface area is 134 Å². The van der Waals surface area contributed by atoms with Gasteiger partial charge < -0.3 is 21.3 Å². The third-order valence-electron chi connectivity index (χ3n) is 3.33. The van der Waals surface area contributed by atoms with Gasteiger partial charge in [0, 0.05) is 24.8 Å². The summed E-state index contributed by atoms with van der Waals surface area (Å²) in [5, 5.41) is 5.41. The molecule has 0 radical (unpaired) electrons. The minimum Gasteiger partial charge on any atom is -0.339 e. The number of carbonyl (C=O) groups excluding carboxylic acids is 2. The minimum absolute atomic E-state index is 0. The van der Waals surface area contributed by atoms with Gasteiger partial charge in [-0.3, -0.25) is 4.79 Å². The van der Waals surface area contributed by atoms with Crippen LogP contribution in [0.5, 0.6) is 0 Å². The second-order valence-corrected chi connectivity index (χ2v) is 5.16. The highest BCUT2D eigenvalue weighted by molar-refractivity contribution is 5.89. The SMILES string of the molecule is C[C@H](N)C(=O)N1CCC(NC(=O)Nc2ccc(F)cc2)C1.Cl. The number of nitrogens with one attached hydrogen (secondary N) is 2. The predicted octanol–water partition coefficient (Wildman–Crippen LogP) is 1.32. The van der Waals surface area contributed by atoms with Gasteiger partial charge in [-0.15, -0.1) is 12.4 Å². The van der Waals surface area contributed by atoms with E-state index in [1.165, 1.54) is 24.3 Å². The molecule has 1 aromatic carbocycles. The van der Waals surface area contributed by atoms with Crippen molar-refractivity contribution in [3.63, 3.8) is 0 Å². The summed E-state index contributed by atoms with van der Waals surface area (Å²) in [7, 11) is 0. The lowest BCUT2D eigenvalue weighted by Gasteiger charge is -2.19. The summed E-state index contributed by atoms with van der Waals surface area (Å²) >= 11 is 0. The number of hydrogen-bond acceptors (Lipinski definition) is 3. The number of benzene rings is 1. The average molecular weight is 331 g/mol. The summed E-state index contributed by atoms with van der Waals surface area (Å²) in [6.07, 6.45) is 0.690. The van der Waals surface area contributed by atoms with Crippen LogP contribution in [-0.4, -0.2) is 42.0 Å². The van der Waals surface area contributed by atoms with Crippen molar-refractivity contribution in [1.82, 2.24) is 10.2 Å². The zero-order valence-electron chi connectivity index (χ0n) is 12.2. The first kappa shape index (κ1) is 18.2. The van der Waals surface area contributed by atoms with E-state index in [4.69, 9.17) is 5.73 Å². The van der Waals surface area contributed by atoms with Gasteiger partial charge in [-0.05, 0) is 37.6 Å². The van der Waals surface area contributed by atoms with Crippen LogP contribution in [0, 0.1) is 5.82 Å². The van der Waals surface area contributed by atoms with E-state index in [2.05, 4.69) is 10.6 Å². The Morgan fingerprint density at radius 2 is 2.00 bits per heavy atom. The molecule has 1 aliphatic rings. The Hall–Kier alpha value is -1.86. The normalized spacial score (nSPS) is 18.3. The van der Waals surface area contributed by atoms with E-state index in [0.717, 1.165) is 0 Å². The molecule has 0 aliphatic carbocycles. The highest BCUT2D eigenvalue weighted by Gasteiger charge is 2.28. The second kappa shape index (κ2) is 7.95. The quantitative estimate of drug-likeness (QED) is 0.781. The molecule has 0 saturated carbocycles. The number of nitrogens with zero attached hydrogens (tertiary/aromatic N) is 1. The molecule has 4 N–H and O–H groups in total. The van der Waals surface area contributed by atoms with Crippen molar-refractivity contribution in [1.29, 1.82) is 0 Å². The van der Waals surface area contributed by atoms with Gasteiger partial charge in [0.2, 0.25) is 5.91 Å². The van der Waals surface area contributed by atoms with Crippen molar-refractivity contribution in [2.24, 2.45) is 5.73 Å². The van der Waals surface area contributed by atoms with Crippen LogP contribution in [0.25, 0.3) is 0 Å². The van der Waals surface area contributed by atoms with Crippen molar-refractivity contribution in [2.75, 3.05) is 18.4 Å². The molecule has 0 spiro atoms. The molecule has 22 heavy (non-hydrogen) atoms. The molecule has 1 fully saturated rings. The fourth-order valence-corrected chi connectivity index (χ4v) is 2.25. The Morgan fingerprint density at radius 3 is 2.59 bits per heavy atom. The maximum atomic E-state index is 12.8. The number of amides is 3. The van der Waals surface area contributed by atoms with Crippen molar-refractivity contribution < 1.29 is 14.0 Å². The maximum absolute atomic E-state index is 12.8. The molecule has 0 bridgehead atoms. The van der Waals surface area contributed by atoms with Crippen LogP contribution >= 0.6 is 12.4 Å². The molecule has 1 aromatic rings.